The van der Waals surface area contributed by atoms with Gasteiger partial charge in [-0.2, -0.15) is 0 Å². The molecule has 2 fully saturated rings. The molecule has 1 aromatic rings. The molecule has 0 aromatic heterocycles. The van der Waals surface area contributed by atoms with Gasteiger partial charge in [-0.3, -0.25) is 0 Å². The first-order valence-electron chi connectivity index (χ1n) is 7.02. The monoisotopic (exact) mass is 298 g/mol. The third-order valence-corrected chi connectivity index (χ3v) is 5.67. The highest BCUT2D eigenvalue weighted by molar-refractivity contribution is 7.89. The Morgan fingerprint density at radius 1 is 1.25 bits per heavy atom. The number of nitrogen functional groups attached to an aromatic ring is 1. The molecule has 4 nitrogen and oxygen atoms in total. The first-order chi connectivity index (χ1) is 9.47. The number of hydrogen-bond acceptors (Lipinski definition) is 3. The van der Waals surface area contributed by atoms with Crippen LogP contribution in [-0.4, -0.2) is 15.0 Å². The molecule has 0 amide bonds. The molecule has 0 saturated heterocycles. The summed E-state index contributed by atoms with van der Waals surface area (Å²) >= 11 is 0. The van der Waals surface area contributed by atoms with Gasteiger partial charge in [0.1, 0.15) is 10.7 Å². The average Bonchev–Trinajstić information content (AvgIpc) is 3.23. The third-order valence-electron chi connectivity index (χ3n) is 4.21. The predicted molar refractivity (Wildman–Crippen MR) is 74.9 cm³/mol. The second kappa shape index (κ2) is 5.00. The molecule has 2 saturated carbocycles. The zero-order valence-corrected chi connectivity index (χ0v) is 12.0. The number of anilines is 1. The minimum absolute atomic E-state index is 0.218. The van der Waals surface area contributed by atoms with Crippen LogP contribution < -0.4 is 10.5 Å². The summed E-state index contributed by atoms with van der Waals surface area (Å²) in [5, 5.41) is 0. The molecule has 3 rings (SSSR count). The highest BCUT2D eigenvalue weighted by Crippen LogP contribution is 2.48. The molecule has 2 aliphatic carbocycles. The minimum atomic E-state index is -3.79. The molecule has 0 atom stereocenters. The quantitative estimate of drug-likeness (QED) is 0.790. The summed E-state index contributed by atoms with van der Waals surface area (Å²) in [5.74, 6) is 0.927. The zero-order chi connectivity index (χ0) is 14.3. The van der Waals surface area contributed by atoms with Gasteiger partial charge >= 0.3 is 0 Å². The van der Waals surface area contributed by atoms with Crippen LogP contribution in [0.4, 0.5) is 10.1 Å². The van der Waals surface area contributed by atoms with Crippen molar-refractivity contribution >= 4 is 15.7 Å². The van der Waals surface area contributed by atoms with Crippen LogP contribution in [0.3, 0.4) is 0 Å². The summed E-state index contributed by atoms with van der Waals surface area (Å²) < 4.78 is 40.6. The third kappa shape index (κ3) is 2.96. The molecular weight excluding hydrogens is 279 g/mol. The van der Waals surface area contributed by atoms with E-state index in [1.807, 2.05) is 0 Å². The Morgan fingerprint density at radius 2 is 1.85 bits per heavy atom. The molecule has 0 heterocycles. The summed E-state index contributed by atoms with van der Waals surface area (Å²) in [6, 6.07) is 3.65. The fourth-order valence-electron chi connectivity index (χ4n) is 2.79. The van der Waals surface area contributed by atoms with Crippen molar-refractivity contribution in [3.63, 3.8) is 0 Å². The Hall–Kier alpha value is -1.14. The van der Waals surface area contributed by atoms with E-state index in [9.17, 15) is 12.8 Å². The Balaban J connectivity index is 1.71. The van der Waals surface area contributed by atoms with Crippen molar-refractivity contribution in [3.05, 3.63) is 24.0 Å². The number of nitrogens with two attached hydrogens (primary N) is 1. The lowest BCUT2D eigenvalue weighted by Crippen LogP contribution is -2.31. The van der Waals surface area contributed by atoms with Crippen LogP contribution in [0.15, 0.2) is 23.1 Å². The molecule has 0 radical (unpaired) electrons. The van der Waals surface area contributed by atoms with Gasteiger partial charge in [0.25, 0.3) is 0 Å². The molecule has 0 bridgehead atoms. The van der Waals surface area contributed by atoms with Crippen molar-refractivity contribution in [2.75, 3.05) is 12.3 Å². The molecule has 110 valence electrons. The van der Waals surface area contributed by atoms with E-state index >= 15 is 0 Å². The maximum Gasteiger partial charge on any atom is 0.243 e. The molecule has 3 N–H and O–H groups in total. The lowest BCUT2D eigenvalue weighted by molar-refractivity contribution is 0.401. The molecule has 6 heteroatoms. The second-order valence-electron chi connectivity index (χ2n) is 5.88. The van der Waals surface area contributed by atoms with Gasteiger partial charge in [0, 0.05) is 12.2 Å². The molecule has 20 heavy (non-hydrogen) atoms. The van der Waals surface area contributed by atoms with Crippen LogP contribution in [0.5, 0.6) is 0 Å². The highest BCUT2D eigenvalue weighted by atomic mass is 32.2. The first-order valence-corrected chi connectivity index (χ1v) is 8.50. The molecule has 0 aliphatic heterocycles. The number of nitrogens with one attached hydrogen (secondary N) is 1. The fourth-order valence-corrected chi connectivity index (χ4v) is 3.92. The van der Waals surface area contributed by atoms with Gasteiger partial charge in [0.2, 0.25) is 10.0 Å². The van der Waals surface area contributed by atoms with Gasteiger partial charge in [-0.05, 0) is 61.6 Å². The maximum absolute atomic E-state index is 13.7. The van der Waals surface area contributed by atoms with Crippen molar-refractivity contribution in [2.24, 2.45) is 17.8 Å². The van der Waals surface area contributed by atoms with Crippen molar-refractivity contribution in [3.8, 4) is 0 Å². The van der Waals surface area contributed by atoms with E-state index in [-0.39, 0.29) is 10.6 Å². The predicted octanol–water partition coefficient (Wildman–Crippen LogP) is 2.12. The topological polar surface area (TPSA) is 72.2 Å². The summed E-state index contributed by atoms with van der Waals surface area (Å²) in [7, 11) is -3.79. The van der Waals surface area contributed by atoms with E-state index in [2.05, 4.69) is 4.72 Å². The first kappa shape index (κ1) is 13.8. The van der Waals surface area contributed by atoms with Gasteiger partial charge in [-0.15, -0.1) is 0 Å². The average molecular weight is 298 g/mol. The Kier molecular flexibility index (Phi) is 3.46. The van der Waals surface area contributed by atoms with Crippen LogP contribution in [0.2, 0.25) is 0 Å². The van der Waals surface area contributed by atoms with Crippen molar-refractivity contribution < 1.29 is 12.8 Å². The van der Waals surface area contributed by atoms with E-state index in [0.717, 1.165) is 6.07 Å². The van der Waals surface area contributed by atoms with E-state index in [1.165, 1.54) is 37.8 Å². The van der Waals surface area contributed by atoms with Gasteiger partial charge in [0.05, 0.1) is 0 Å². The van der Waals surface area contributed by atoms with Crippen molar-refractivity contribution in [2.45, 2.75) is 30.6 Å². The van der Waals surface area contributed by atoms with Crippen LogP contribution >= 0.6 is 0 Å². The summed E-state index contributed by atoms with van der Waals surface area (Å²) in [4.78, 5) is -0.322. The molecule has 1 aromatic carbocycles. The Morgan fingerprint density at radius 3 is 2.35 bits per heavy atom. The lowest BCUT2D eigenvalue weighted by atomic mass is 9.99. The Bertz CT molecular complexity index is 598. The number of halogens is 1. The highest BCUT2D eigenvalue weighted by Gasteiger charge is 2.41. The van der Waals surface area contributed by atoms with Crippen molar-refractivity contribution in [1.29, 1.82) is 0 Å². The second-order valence-corrected chi connectivity index (χ2v) is 7.62. The van der Waals surface area contributed by atoms with Crippen LogP contribution in [-0.2, 0) is 10.0 Å². The van der Waals surface area contributed by atoms with Gasteiger partial charge in [-0.1, -0.05) is 0 Å². The van der Waals surface area contributed by atoms with Gasteiger partial charge in [-0.25, -0.2) is 17.5 Å². The van der Waals surface area contributed by atoms with E-state index in [0.29, 0.717) is 24.3 Å². The molecule has 2 aliphatic rings. The number of benzene rings is 1. The summed E-state index contributed by atoms with van der Waals surface area (Å²) in [6.45, 7) is 0.418. The SMILES string of the molecule is Nc1ccc(S(=O)(=O)NCC(C2CC2)C2CC2)c(F)c1. The number of rotatable bonds is 6. The standard InChI is InChI=1S/C14H19FN2O2S/c15-13-7-11(16)5-6-14(13)20(18,19)17-8-12(9-1-2-9)10-3-4-10/h5-7,9-10,12,17H,1-4,8,16H2. The minimum Gasteiger partial charge on any atom is -0.399 e. The molecular formula is C14H19FN2O2S. The summed E-state index contributed by atoms with van der Waals surface area (Å²) in [5.41, 5.74) is 5.65. The number of hydrogen-bond donors (Lipinski definition) is 2. The number of sulfonamides is 1. The maximum atomic E-state index is 13.7. The fraction of sp³-hybridized carbons (Fsp3) is 0.571. The molecule has 0 spiro atoms. The lowest BCUT2D eigenvalue weighted by Gasteiger charge is -2.16. The summed E-state index contributed by atoms with van der Waals surface area (Å²) in [6.07, 6.45) is 4.77. The molecule has 0 unspecified atom stereocenters. The largest absolute Gasteiger partial charge is 0.399 e. The van der Waals surface area contributed by atoms with Crippen LogP contribution in [0.1, 0.15) is 25.7 Å². The van der Waals surface area contributed by atoms with E-state index in [1.54, 1.807) is 0 Å². The zero-order valence-electron chi connectivity index (χ0n) is 11.2. The normalized spacial score (nSPS) is 19.5. The Labute approximate surface area is 118 Å². The smallest absolute Gasteiger partial charge is 0.243 e. The van der Waals surface area contributed by atoms with Crippen LogP contribution in [0.25, 0.3) is 0 Å². The van der Waals surface area contributed by atoms with Crippen molar-refractivity contribution in [1.82, 2.24) is 4.72 Å². The van der Waals surface area contributed by atoms with E-state index in [4.69, 9.17) is 5.73 Å². The van der Waals surface area contributed by atoms with Crippen LogP contribution in [0, 0.1) is 23.6 Å². The van der Waals surface area contributed by atoms with E-state index < -0.39 is 15.8 Å². The van der Waals surface area contributed by atoms with Gasteiger partial charge < -0.3 is 5.73 Å². The van der Waals surface area contributed by atoms with Gasteiger partial charge in [0.15, 0.2) is 0 Å².